The third kappa shape index (κ3) is 5.05. The first-order valence-electron chi connectivity index (χ1n) is 8.09. The average Bonchev–Trinajstić information content (AvgIpc) is 2.67. The zero-order valence-corrected chi connectivity index (χ0v) is 17.0. The van der Waals surface area contributed by atoms with Crippen LogP contribution in [0.15, 0.2) is 45.9 Å². The van der Waals surface area contributed by atoms with Crippen molar-refractivity contribution in [2.75, 3.05) is 28.4 Å². The molecule has 6 nitrogen and oxygen atoms in total. The maximum atomic E-state index is 5.38. The van der Waals surface area contributed by atoms with E-state index in [1.807, 2.05) is 36.4 Å². The highest BCUT2D eigenvalue weighted by Crippen LogP contribution is 2.36. The van der Waals surface area contributed by atoms with Gasteiger partial charge in [-0.3, -0.25) is 4.99 Å². The Morgan fingerprint density at radius 3 is 2.31 bits per heavy atom. The van der Waals surface area contributed by atoms with Crippen LogP contribution in [0.25, 0.3) is 0 Å². The fraction of sp³-hybridized carbons (Fsp3) is 0.316. The highest BCUT2D eigenvalue weighted by atomic mass is 79.9. The van der Waals surface area contributed by atoms with Crippen molar-refractivity contribution in [3.05, 3.63) is 52.0 Å². The second-order valence-corrected chi connectivity index (χ2v) is 6.26. The molecular formula is C19H24BrN3O3. The molecule has 0 unspecified atom stereocenters. The third-order valence-electron chi connectivity index (χ3n) is 3.82. The van der Waals surface area contributed by atoms with Crippen molar-refractivity contribution in [3.8, 4) is 17.2 Å². The lowest BCUT2D eigenvalue weighted by Gasteiger charge is -2.15. The van der Waals surface area contributed by atoms with Crippen LogP contribution in [0.4, 0.5) is 0 Å². The van der Waals surface area contributed by atoms with Crippen molar-refractivity contribution in [1.29, 1.82) is 0 Å². The van der Waals surface area contributed by atoms with Crippen LogP contribution in [0.5, 0.6) is 17.2 Å². The largest absolute Gasteiger partial charge is 0.496 e. The number of aliphatic imine (C=N–C) groups is 1. The van der Waals surface area contributed by atoms with E-state index in [0.29, 0.717) is 30.5 Å². The number of guanidine groups is 1. The number of nitrogens with zero attached hydrogens (tertiary/aromatic N) is 1. The highest BCUT2D eigenvalue weighted by Gasteiger charge is 2.11. The molecule has 140 valence electrons. The van der Waals surface area contributed by atoms with Gasteiger partial charge in [-0.15, -0.1) is 0 Å². The first kappa shape index (κ1) is 19.9. The Bertz CT molecular complexity index is 766. The molecule has 0 amide bonds. The standard InChI is InChI=1S/C19H24BrN3O3/c1-21-19(23-12-14-7-5-6-8-16(14)24-2)22-11-13-9-15(20)18(26-4)17(10-13)25-3/h5-10H,11-12H2,1-4H3,(H2,21,22,23). The number of hydrogen-bond acceptors (Lipinski definition) is 4. The molecule has 2 aromatic rings. The molecule has 0 atom stereocenters. The molecule has 0 saturated heterocycles. The van der Waals surface area contributed by atoms with Crippen molar-refractivity contribution in [3.63, 3.8) is 0 Å². The SMILES string of the molecule is CN=C(NCc1cc(Br)c(OC)c(OC)c1)NCc1ccccc1OC. The number of methoxy groups -OCH3 is 3. The average molecular weight is 422 g/mol. The molecule has 0 aliphatic carbocycles. The first-order chi connectivity index (χ1) is 12.6. The van der Waals surface area contributed by atoms with Gasteiger partial charge in [-0.1, -0.05) is 18.2 Å². The van der Waals surface area contributed by atoms with E-state index < -0.39 is 0 Å². The lowest BCUT2D eigenvalue weighted by Crippen LogP contribution is -2.36. The molecule has 7 heteroatoms. The number of para-hydroxylation sites is 1. The number of hydrogen-bond donors (Lipinski definition) is 2. The van der Waals surface area contributed by atoms with Crippen LogP contribution in [-0.2, 0) is 13.1 Å². The molecule has 2 aromatic carbocycles. The molecule has 2 N–H and O–H groups in total. The van der Waals surface area contributed by atoms with E-state index in [9.17, 15) is 0 Å². The van der Waals surface area contributed by atoms with Crippen LogP contribution >= 0.6 is 15.9 Å². The minimum Gasteiger partial charge on any atom is -0.496 e. The van der Waals surface area contributed by atoms with E-state index in [2.05, 4.69) is 31.6 Å². The first-order valence-corrected chi connectivity index (χ1v) is 8.89. The second-order valence-electron chi connectivity index (χ2n) is 5.40. The van der Waals surface area contributed by atoms with Crippen LogP contribution in [0.1, 0.15) is 11.1 Å². The number of benzene rings is 2. The fourth-order valence-corrected chi connectivity index (χ4v) is 3.16. The molecule has 26 heavy (non-hydrogen) atoms. The van der Waals surface area contributed by atoms with Gasteiger partial charge in [-0.25, -0.2) is 0 Å². The Labute approximate surface area is 162 Å². The van der Waals surface area contributed by atoms with Crippen LogP contribution < -0.4 is 24.8 Å². The summed E-state index contributed by atoms with van der Waals surface area (Å²) in [7, 11) is 6.64. The minimum atomic E-state index is 0.588. The zero-order chi connectivity index (χ0) is 18.9. The fourth-order valence-electron chi connectivity index (χ4n) is 2.51. The summed E-state index contributed by atoms with van der Waals surface area (Å²) in [6.45, 7) is 1.20. The topological polar surface area (TPSA) is 64.1 Å². The summed E-state index contributed by atoms with van der Waals surface area (Å²) in [4.78, 5) is 4.26. The third-order valence-corrected chi connectivity index (χ3v) is 4.40. The Morgan fingerprint density at radius 2 is 1.65 bits per heavy atom. The van der Waals surface area contributed by atoms with Crippen LogP contribution in [-0.4, -0.2) is 34.3 Å². The maximum Gasteiger partial charge on any atom is 0.191 e. The van der Waals surface area contributed by atoms with Gasteiger partial charge in [0.1, 0.15) is 5.75 Å². The molecule has 0 heterocycles. The molecule has 0 fully saturated rings. The summed E-state index contributed by atoms with van der Waals surface area (Å²) in [5, 5.41) is 6.58. The summed E-state index contributed by atoms with van der Waals surface area (Å²) >= 11 is 3.51. The van der Waals surface area contributed by atoms with Gasteiger partial charge in [-0.05, 0) is 39.7 Å². The summed E-state index contributed by atoms with van der Waals surface area (Å²) < 4.78 is 16.9. The predicted molar refractivity (Wildman–Crippen MR) is 107 cm³/mol. The lowest BCUT2D eigenvalue weighted by molar-refractivity contribution is 0.352. The molecule has 2 rings (SSSR count). The molecule has 0 spiro atoms. The molecule has 0 aliphatic rings. The number of ether oxygens (including phenoxy) is 3. The van der Waals surface area contributed by atoms with Gasteiger partial charge in [0, 0.05) is 25.7 Å². The maximum absolute atomic E-state index is 5.38. The highest BCUT2D eigenvalue weighted by molar-refractivity contribution is 9.10. The molecule has 0 aromatic heterocycles. The van der Waals surface area contributed by atoms with Crippen molar-refractivity contribution < 1.29 is 14.2 Å². The van der Waals surface area contributed by atoms with Crippen LogP contribution in [0, 0.1) is 0 Å². The molecular weight excluding hydrogens is 398 g/mol. The van der Waals surface area contributed by atoms with Crippen molar-refractivity contribution in [1.82, 2.24) is 10.6 Å². The van der Waals surface area contributed by atoms with Gasteiger partial charge in [0.15, 0.2) is 17.5 Å². The van der Waals surface area contributed by atoms with Gasteiger partial charge in [0.25, 0.3) is 0 Å². The summed E-state index contributed by atoms with van der Waals surface area (Å²) in [6.07, 6.45) is 0. The van der Waals surface area contributed by atoms with E-state index in [1.54, 1.807) is 28.4 Å². The summed E-state index contributed by atoms with van der Waals surface area (Å²) in [5.74, 6) is 2.90. The van der Waals surface area contributed by atoms with E-state index in [4.69, 9.17) is 14.2 Å². The van der Waals surface area contributed by atoms with Gasteiger partial charge >= 0.3 is 0 Å². The normalized spacial score (nSPS) is 11.0. The Balaban J connectivity index is 2.00. The Kier molecular flexibility index (Phi) is 7.59. The quantitative estimate of drug-likeness (QED) is 0.530. The zero-order valence-electron chi connectivity index (χ0n) is 15.4. The van der Waals surface area contributed by atoms with Crippen molar-refractivity contribution in [2.24, 2.45) is 4.99 Å². The lowest BCUT2D eigenvalue weighted by atomic mass is 10.2. The van der Waals surface area contributed by atoms with E-state index in [1.165, 1.54) is 0 Å². The van der Waals surface area contributed by atoms with E-state index >= 15 is 0 Å². The van der Waals surface area contributed by atoms with Crippen molar-refractivity contribution in [2.45, 2.75) is 13.1 Å². The van der Waals surface area contributed by atoms with Crippen LogP contribution in [0.2, 0.25) is 0 Å². The monoisotopic (exact) mass is 421 g/mol. The van der Waals surface area contributed by atoms with E-state index in [-0.39, 0.29) is 0 Å². The van der Waals surface area contributed by atoms with E-state index in [0.717, 1.165) is 21.3 Å². The van der Waals surface area contributed by atoms with Crippen LogP contribution in [0.3, 0.4) is 0 Å². The minimum absolute atomic E-state index is 0.588. The molecule has 0 bridgehead atoms. The number of halogens is 1. The Morgan fingerprint density at radius 1 is 0.962 bits per heavy atom. The van der Waals surface area contributed by atoms with Crippen molar-refractivity contribution >= 4 is 21.9 Å². The number of rotatable bonds is 7. The second kappa shape index (κ2) is 9.91. The Hall–Kier alpha value is -2.41. The van der Waals surface area contributed by atoms with Gasteiger partial charge < -0.3 is 24.8 Å². The molecule has 0 aliphatic heterocycles. The molecule has 0 saturated carbocycles. The van der Waals surface area contributed by atoms with Gasteiger partial charge in [0.2, 0.25) is 0 Å². The number of nitrogens with one attached hydrogen (secondary N) is 2. The predicted octanol–water partition coefficient (Wildman–Crippen LogP) is 3.34. The molecule has 0 radical (unpaired) electrons. The summed E-state index contributed by atoms with van der Waals surface area (Å²) in [6, 6.07) is 11.8. The van der Waals surface area contributed by atoms with Gasteiger partial charge in [-0.2, -0.15) is 0 Å². The van der Waals surface area contributed by atoms with Gasteiger partial charge in [0.05, 0.1) is 25.8 Å². The smallest absolute Gasteiger partial charge is 0.191 e. The summed E-state index contributed by atoms with van der Waals surface area (Å²) in [5.41, 5.74) is 2.10.